The first-order valence-electron chi connectivity index (χ1n) is 8.29. The SMILES string of the molecule is N#Cc1ccc(C2CCCCN2)c(C2CCCCN2)c1C#N. The Hall–Kier alpha value is -1.88. The van der Waals surface area contributed by atoms with Gasteiger partial charge in [-0.05, 0) is 56.0 Å². The Morgan fingerprint density at radius 1 is 0.864 bits per heavy atom. The van der Waals surface area contributed by atoms with Gasteiger partial charge in [0.2, 0.25) is 0 Å². The summed E-state index contributed by atoms with van der Waals surface area (Å²) in [5.41, 5.74) is 3.37. The first-order valence-corrected chi connectivity index (χ1v) is 8.29. The molecule has 0 saturated carbocycles. The van der Waals surface area contributed by atoms with Crippen LogP contribution in [0.4, 0.5) is 0 Å². The molecule has 2 N–H and O–H groups in total. The summed E-state index contributed by atoms with van der Waals surface area (Å²) in [6, 6.07) is 8.88. The Morgan fingerprint density at radius 3 is 2.09 bits per heavy atom. The second-order valence-corrected chi connectivity index (χ2v) is 6.22. The van der Waals surface area contributed by atoms with Crippen LogP contribution in [0.25, 0.3) is 0 Å². The van der Waals surface area contributed by atoms with Crippen LogP contribution in [0.2, 0.25) is 0 Å². The van der Waals surface area contributed by atoms with Crippen LogP contribution in [-0.2, 0) is 0 Å². The molecular weight excluding hydrogens is 272 g/mol. The molecule has 1 aromatic rings. The van der Waals surface area contributed by atoms with E-state index in [0.717, 1.165) is 31.5 Å². The normalized spacial score (nSPS) is 25.2. The summed E-state index contributed by atoms with van der Waals surface area (Å²) in [5, 5.41) is 26.1. The lowest BCUT2D eigenvalue weighted by atomic mass is 9.83. The molecule has 2 atom stereocenters. The molecule has 2 aliphatic rings. The Labute approximate surface area is 132 Å². The van der Waals surface area contributed by atoms with Crippen LogP contribution in [0, 0.1) is 22.7 Å². The monoisotopic (exact) mass is 294 g/mol. The molecule has 0 bridgehead atoms. The minimum atomic E-state index is 0.204. The molecule has 0 radical (unpaired) electrons. The first kappa shape index (κ1) is 15.0. The summed E-state index contributed by atoms with van der Waals surface area (Å²) in [6.07, 6.45) is 6.95. The molecule has 0 amide bonds. The molecule has 1 aromatic carbocycles. The highest BCUT2D eigenvalue weighted by Crippen LogP contribution is 2.35. The first-order chi connectivity index (χ1) is 10.8. The molecule has 2 unspecified atom stereocenters. The van der Waals surface area contributed by atoms with E-state index in [0.29, 0.717) is 17.2 Å². The van der Waals surface area contributed by atoms with E-state index in [1.165, 1.54) is 31.2 Å². The summed E-state index contributed by atoms with van der Waals surface area (Å²) in [5.74, 6) is 0. The zero-order valence-corrected chi connectivity index (χ0v) is 12.9. The highest BCUT2D eigenvalue weighted by molar-refractivity contribution is 5.55. The van der Waals surface area contributed by atoms with Crippen molar-refractivity contribution in [3.63, 3.8) is 0 Å². The van der Waals surface area contributed by atoms with Crippen molar-refractivity contribution in [1.82, 2.24) is 10.6 Å². The standard InChI is InChI=1S/C18H22N4/c19-11-13-7-8-14(16-5-1-3-9-21-16)18(15(13)12-20)17-6-2-4-10-22-17/h7-8,16-17,21-22H,1-6,9-10H2. The lowest BCUT2D eigenvalue weighted by molar-refractivity contribution is 0.386. The molecular formula is C18H22N4. The number of benzene rings is 1. The van der Waals surface area contributed by atoms with Gasteiger partial charge in [-0.1, -0.05) is 18.9 Å². The third-order valence-corrected chi connectivity index (χ3v) is 4.86. The Balaban J connectivity index is 2.08. The van der Waals surface area contributed by atoms with Crippen LogP contribution < -0.4 is 10.6 Å². The molecule has 22 heavy (non-hydrogen) atoms. The number of hydrogen-bond acceptors (Lipinski definition) is 4. The number of piperidine rings is 2. The van der Waals surface area contributed by atoms with Gasteiger partial charge in [-0.3, -0.25) is 0 Å². The van der Waals surface area contributed by atoms with E-state index < -0.39 is 0 Å². The van der Waals surface area contributed by atoms with Gasteiger partial charge < -0.3 is 10.6 Å². The molecule has 0 spiro atoms. The molecule has 4 heteroatoms. The summed E-state index contributed by atoms with van der Waals surface area (Å²) in [6.45, 7) is 2.02. The zero-order chi connectivity index (χ0) is 15.4. The van der Waals surface area contributed by atoms with Gasteiger partial charge in [0.1, 0.15) is 12.1 Å². The van der Waals surface area contributed by atoms with Crippen LogP contribution in [0.3, 0.4) is 0 Å². The maximum atomic E-state index is 9.63. The maximum absolute atomic E-state index is 9.63. The minimum Gasteiger partial charge on any atom is -0.310 e. The number of nitrogens with zero attached hydrogens (tertiary/aromatic N) is 2. The number of nitriles is 2. The highest BCUT2D eigenvalue weighted by Gasteiger charge is 2.27. The molecule has 114 valence electrons. The fourth-order valence-corrected chi connectivity index (χ4v) is 3.74. The zero-order valence-electron chi connectivity index (χ0n) is 12.9. The summed E-state index contributed by atoms with van der Waals surface area (Å²) in [4.78, 5) is 0. The van der Waals surface area contributed by atoms with E-state index in [1.807, 2.05) is 6.07 Å². The van der Waals surface area contributed by atoms with Gasteiger partial charge in [-0.25, -0.2) is 0 Å². The number of rotatable bonds is 2. The minimum absolute atomic E-state index is 0.204. The second kappa shape index (κ2) is 6.92. The van der Waals surface area contributed by atoms with E-state index in [9.17, 15) is 10.5 Å². The summed E-state index contributed by atoms with van der Waals surface area (Å²) in [7, 11) is 0. The molecule has 2 heterocycles. The third-order valence-electron chi connectivity index (χ3n) is 4.86. The van der Waals surface area contributed by atoms with Crippen molar-refractivity contribution in [3.8, 4) is 12.1 Å². The van der Waals surface area contributed by atoms with Crippen molar-refractivity contribution >= 4 is 0 Å². The fraction of sp³-hybridized carbons (Fsp3) is 0.556. The summed E-state index contributed by atoms with van der Waals surface area (Å²) >= 11 is 0. The average Bonchev–Trinajstić information content (AvgIpc) is 2.61. The van der Waals surface area contributed by atoms with E-state index in [1.54, 1.807) is 0 Å². The predicted molar refractivity (Wildman–Crippen MR) is 85.1 cm³/mol. The van der Waals surface area contributed by atoms with Gasteiger partial charge >= 0.3 is 0 Å². The maximum Gasteiger partial charge on any atom is 0.101 e. The van der Waals surface area contributed by atoms with Crippen molar-refractivity contribution in [3.05, 3.63) is 34.4 Å². The topological polar surface area (TPSA) is 71.6 Å². The van der Waals surface area contributed by atoms with Crippen LogP contribution in [0.15, 0.2) is 12.1 Å². The van der Waals surface area contributed by atoms with E-state index in [-0.39, 0.29) is 6.04 Å². The third kappa shape index (κ3) is 2.86. The molecule has 0 aliphatic carbocycles. The van der Waals surface area contributed by atoms with Gasteiger partial charge in [0.25, 0.3) is 0 Å². The Morgan fingerprint density at radius 2 is 1.55 bits per heavy atom. The number of nitrogens with one attached hydrogen (secondary N) is 2. The Kier molecular flexibility index (Phi) is 4.73. The van der Waals surface area contributed by atoms with Gasteiger partial charge in [0.05, 0.1) is 11.1 Å². The quantitative estimate of drug-likeness (QED) is 0.879. The fourth-order valence-electron chi connectivity index (χ4n) is 3.74. The van der Waals surface area contributed by atoms with Gasteiger partial charge in [0.15, 0.2) is 0 Å². The lowest BCUT2D eigenvalue weighted by Crippen LogP contribution is -2.32. The van der Waals surface area contributed by atoms with Crippen molar-refractivity contribution < 1.29 is 0 Å². The van der Waals surface area contributed by atoms with Gasteiger partial charge in [-0.2, -0.15) is 10.5 Å². The molecule has 2 aliphatic heterocycles. The molecule has 3 rings (SSSR count). The van der Waals surface area contributed by atoms with Crippen LogP contribution >= 0.6 is 0 Å². The molecule has 2 fully saturated rings. The van der Waals surface area contributed by atoms with E-state index >= 15 is 0 Å². The van der Waals surface area contributed by atoms with E-state index in [4.69, 9.17) is 0 Å². The van der Waals surface area contributed by atoms with Gasteiger partial charge in [0, 0.05) is 12.1 Å². The van der Waals surface area contributed by atoms with Crippen molar-refractivity contribution in [1.29, 1.82) is 10.5 Å². The lowest BCUT2D eigenvalue weighted by Gasteiger charge is -2.31. The van der Waals surface area contributed by atoms with Crippen molar-refractivity contribution in [2.24, 2.45) is 0 Å². The van der Waals surface area contributed by atoms with Crippen LogP contribution in [0.1, 0.15) is 72.9 Å². The molecule has 2 saturated heterocycles. The molecule has 4 nitrogen and oxygen atoms in total. The Bertz CT molecular complexity index is 611. The predicted octanol–water partition coefficient (Wildman–Crippen LogP) is 3.06. The number of hydrogen-bond donors (Lipinski definition) is 2. The highest BCUT2D eigenvalue weighted by atomic mass is 14.9. The van der Waals surface area contributed by atoms with Crippen molar-refractivity contribution in [2.45, 2.75) is 50.6 Å². The van der Waals surface area contributed by atoms with Crippen molar-refractivity contribution in [2.75, 3.05) is 13.1 Å². The summed E-state index contributed by atoms with van der Waals surface area (Å²) < 4.78 is 0. The van der Waals surface area contributed by atoms with Crippen LogP contribution in [-0.4, -0.2) is 13.1 Å². The average molecular weight is 294 g/mol. The molecule has 0 aromatic heterocycles. The smallest absolute Gasteiger partial charge is 0.101 e. The van der Waals surface area contributed by atoms with E-state index in [2.05, 4.69) is 28.8 Å². The largest absolute Gasteiger partial charge is 0.310 e. The van der Waals surface area contributed by atoms with Crippen LogP contribution in [0.5, 0.6) is 0 Å². The van der Waals surface area contributed by atoms with Gasteiger partial charge in [-0.15, -0.1) is 0 Å². The second-order valence-electron chi connectivity index (χ2n) is 6.22.